The minimum atomic E-state index is -0.465. The van der Waals surface area contributed by atoms with Gasteiger partial charge < -0.3 is 15.0 Å². The number of likely N-dealkylation sites (tertiary alicyclic amines) is 1. The molecule has 1 N–H and O–H groups in total. The molecule has 1 atom stereocenters. The zero-order valence-electron chi connectivity index (χ0n) is 17.1. The number of ether oxygens (including phenoxy) is 1. The molecule has 0 aliphatic carbocycles. The van der Waals surface area contributed by atoms with Crippen LogP contribution in [0.1, 0.15) is 46.1 Å². The Morgan fingerprint density at radius 2 is 2.18 bits per heavy atom. The molecule has 0 unspecified atom stereocenters. The van der Waals surface area contributed by atoms with Crippen molar-refractivity contribution in [2.24, 2.45) is 5.92 Å². The van der Waals surface area contributed by atoms with E-state index < -0.39 is 5.60 Å². The van der Waals surface area contributed by atoms with E-state index in [0.29, 0.717) is 18.4 Å². The molecule has 1 amide bonds. The van der Waals surface area contributed by atoms with Gasteiger partial charge in [0.25, 0.3) is 0 Å². The van der Waals surface area contributed by atoms with Crippen LogP contribution in [0.15, 0.2) is 22.8 Å². The quantitative estimate of drug-likeness (QED) is 0.711. The average molecular weight is 449 g/mol. The van der Waals surface area contributed by atoms with Crippen LogP contribution in [0.3, 0.4) is 0 Å². The lowest BCUT2D eigenvalue weighted by molar-refractivity contribution is 0.0172. The summed E-state index contributed by atoms with van der Waals surface area (Å²) in [5, 5.41) is 4.40. The number of carbonyl (C=O) groups is 1. The van der Waals surface area contributed by atoms with Crippen molar-refractivity contribution in [1.29, 1.82) is 0 Å². The van der Waals surface area contributed by atoms with Gasteiger partial charge >= 0.3 is 6.09 Å². The summed E-state index contributed by atoms with van der Waals surface area (Å²) in [4.78, 5) is 23.3. The highest BCUT2D eigenvalue weighted by atomic mass is 79.9. The van der Waals surface area contributed by atoms with Crippen LogP contribution in [-0.4, -0.2) is 46.2 Å². The van der Waals surface area contributed by atoms with Gasteiger partial charge in [0.2, 0.25) is 5.95 Å². The molecule has 1 aromatic heterocycles. The Balaban J connectivity index is 1.63. The number of amides is 1. The molecule has 1 fully saturated rings. The first kappa shape index (κ1) is 20.8. The van der Waals surface area contributed by atoms with Crippen molar-refractivity contribution in [1.82, 2.24) is 14.9 Å². The Morgan fingerprint density at radius 1 is 1.39 bits per heavy atom. The summed E-state index contributed by atoms with van der Waals surface area (Å²) in [6.45, 7) is 10.0. The highest BCUT2D eigenvalue weighted by Crippen LogP contribution is 2.24. The fraction of sp³-hybridized carbons (Fsp3) is 0.571. The molecule has 0 spiro atoms. The van der Waals surface area contributed by atoms with Gasteiger partial charge in [-0.15, -0.1) is 0 Å². The van der Waals surface area contributed by atoms with E-state index >= 15 is 0 Å². The lowest BCUT2D eigenvalue weighted by Gasteiger charge is -2.34. The van der Waals surface area contributed by atoms with E-state index in [1.54, 1.807) is 0 Å². The van der Waals surface area contributed by atoms with Gasteiger partial charge in [0.15, 0.2) is 0 Å². The van der Waals surface area contributed by atoms with Gasteiger partial charge in [-0.3, -0.25) is 0 Å². The molecule has 1 aliphatic heterocycles. The van der Waals surface area contributed by atoms with Crippen molar-refractivity contribution < 1.29 is 9.53 Å². The second-order valence-electron chi connectivity index (χ2n) is 8.37. The highest BCUT2D eigenvalue weighted by molar-refractivity contribution is 9.10. The number of hydrogen-bond donors (Lipinski definition) is 1. The molecule has 1 aliphatic rings. The predicted octanol–water partition coefficient (Wildman–Crippen LogP) is 5.01. The number of aromatic nitrogens is 2. The van der Waals surface area contributed by atoms with Crippen LogP contribution in [0.5, 0.6) is 0 Å². The van der Waals surface area contributed by atoms with Gasteiger partial charge in [-0.2, -0.15) is 0 Å². The number of rotatable bonds is 4. The second kappa shape index (κ2) is 8.64. The Hall–Kier alpha value is -1.89. The van der Waals surface area contributed by atoms with E-state index in [9.17, 15) is 4.79 Å². The maximum absolute atomic E-state index is 12.3. The molecule has 28 heavy (non-hydrogen) atoms. The molecule has 6 nitrogen and oxygen atoms in total. The summed E-state index contributed by atoms with van der Waals surface area (Å²) in [7, 11) is 0. The summed E-state index contributed by atoms with van der Waals surface area (Å²) >= 11 is 3.55. The summed E-state index contributed by atoms with van der Waals surface area (Å²) in [6.07, 6.45) is 4.62. The Labute approximate surface area is 175 Å². The van der Waals surface area contributed by atoms with Crippen molar-refractivity contribution in [3.05, 3.63) is 28.4 Å². The number of aryl methyl sites for hydroxylation is 1. The number of fused-ring (bicyclic) bond motifs is 1. The minimum Gasteiger partial charge on any atom is -0.444 e. The third-order valence-electron chi connectivity index (χ3n) is 4.83. The number of anilines is 1. The molecular weight excluding hydrogens is 420 g/mol. The number of nitrogens with zero attached hydrogens (tertiary/aromatic N) is 3. The van der Waals surface area contributed by atoms with Crippen LogP contribution in [0, 0.1) is 5.92 Å². The molecule has 1 saturated heterocycles. The zero-order valence-corrected chi connectivity index (χ0v) is 18.7. The first-order valence-corrected chi connectivity index (χ1v) is 10.7. The van der Waals surface area contributed by atoms with Crippen molar-refractivity contribution in [3.8, 4) is 0 Å². The van der Waals surface area contributed by atoms with E-state index in [1.807, 2.05) is 37.9 Å². The molecular formula is C21H29BrN4O2. The van der Waals surface area contributed by atoms with Crippen molar-refractivity contribution in [3.63, 3.8) is 0 Å². The van der Waals surface area contributed by atoms with Gasteiger partial charge in [0, 0.05) is 35.7 Å². The van der Waals surface area contributed by atoms with Crippen LogP contribution in [0.2, 0.25) is 0 Å². The van der Waals surface area contributed by atoms with E-state index in [0.717, 1.165) is 47.7 Å². The molecule has 0 bridgehead atoms. The number of nitrogens with one attached hydrogen (secondary N) is 1. The molecule has 0 saturated carbocycles. The van der Waals surface area contributed by atoms with E-state index in [2.05, 4.69) is 39.2 Å². The maximum Gasteiger partial charge on any atom is 0.410 e. The number of carbonyl (C=O) groups excluding carboxylic acids is 1. The molecule has 0 radical (unpaired) electrons. The summed E-state index contributed by atoms with van der Waals surface area (Å²) in [5.74, 6) is 0.995. The van der Waals surface area contributed by atoms with Gasteiger partial charge in [-0.25, -0.2) is 14.8 Å². The lowest BCUT2D eigenvalue weighted by Crippen LogP contribution is -2.44. The summed E-state index contributed by atoms with van der Waals surface area (Å²) in [5.41, 5.74) is 1.72. The topological polar surface area (TPSA) is 67.4 Å². The average Bonchev–Trinajstić information content (AvgIpc) is 2.64. The maximum atomic E-state index is 12.3. The third-order valence-corrected chi connectivity index (χ3v) is 5.29. The molecule has 3 rings (SSSR count). The molecule has 2 aromatic rings. The largest absolute Gasteiger partial charge is 0.444 e. The van der Waals surface area contributed by atoms with Crippen LogP contribution in [-0.2, 0) is 11.2 Å². The normalized spacial score (nSPS) is 17.6. The van der Waals surface area contributed by atoms with E-state index in [4.69, 9.17) is 9.72 Å². The Bertz CT molecular complexity index is 850. The predicted molar refractivity (Wildman–Crippen MR) is 116 cm³/mol. The van der Waals surface area contributed by atoms with Gasteiger partial charge in [-0.05, 0) is 63.6 Å². The Kier molecular flexibility index (Phi) is 6.43. The third kappa shape index (κ3) is 5.34. The van der Waals surface area contributed by atoms with E-state index in [1.165, 1.54) is 5.56 Å². The van der Waals surface area contributed by atoms with E-state index in [-0.39, 0.29) is 6.09 Å². The minimum absolute atomic E-state index is 0.225. The first-order chi connectivity index (χ1) is 13.2. The number of hydrogen-bond acceptors (Lipinski definition) is 5. The van der Waals surface area contributed by atoms with Gasteiger partial charge in [0.1, 0.15) is 5.60 Å². The number of benzene rings is 1. The zero-order chi connectivity index (χ0) is 20.3. The molecule has 1 aromatic carbocycles. The number of halogens is 1. The molecule has 7 heteroatoms. The van der Waals surface area contributed by atoms with Crippen LogP contribution >= 0.6 is 15.9 Å². The SMILES string of the molecule is CCc1cc(Br)cc2cnc(NC[C@@H]3CCCN(C(=O)OC(C)(C)C)C3)nc12. The first-order valence-electron chi connectivity index (χ1n) is 9.92. The monoisotopic (exact) mass is 448 g/mol. The van der Waals surface area contributed by atoms with Gasteiger partial charge in [0.05, 0.1) is 5.52 Å². The van der Waals surface area contributed by atoms with Crippen LogP contribution in [0.25, 0.3) is 10.9 Å². The van der Waals surface area contributed by atoms with Crippen LogP contribution < -0.4 is 5.32 Å². The van der Waals surface area contributed by atoms with Crippen molar-refractivity contribution in [2.75, 3.05) is 25.0 Å². The number of piperidine rings is 1. The molecule has 2 heterocycles. The highest BCUT2D eigenvalue weighted by Gasteiger charge is 2.27. The van der Waals surface area contributed by atoms with Gasteiger partial charge in [-0.1, -0.05) is 22.9 Å². The summed E-state index contributed by atoms with van der Waals surface area (Å²) in [6, 6.07) is 4.15. The Morgan fingerprint density at radius 3 is 2.89 bits per heavy atom. The fourth-order valence-corrected chi connectivity index (χ4v) is 4.02. The standard InChI is InChI=1S/C21H29BrN4O2/c1-5-15-9-17(22)10-16-12-24-19(25-18(15)16)23-11-14-7-6-8-26(13-14)20(27)28-21(2,3)4/h9-10,12,14H,5-8,11,13H2,1-4H3,(H,23,24,25)/t14-/m0/s1. The smallest absolute Gasteiger partial charge is 0.410 e. The van der Waals surface area contributed by atoms with Crippen molar-refractivity contribution >= 4 is 38.9 Å². The summed E-state index contributed by atoms with van der Waals surface area (Å²) < 4.78 is 6.56. The molecule has 152 valence electrons. The lowest BCUT2D eigenvalue weighted by atomic mass is 9.98. The second-order valence-corrected chi connectivity index (χ2v) is 9.28. The van der Waals surface area contributed by atoms with Crippen LogP contribution in [0.4, 0.5) is 10.7 Å². The fourth-order valence-electron chi connectivity index (χ4n) is 3.49. The van der Waals surface area contributed by atoms with Crippen molar-refractivity contribution in [2.45, 2.75) is 52.6 Å².